The van der Waals surface area contributed by atoms with Crippen LogP contribution in [0.25, 0.3) is 10.2 Å². The van der Waals surface area contributed by atoms with Crippen LogP contribution in [0.1, 0.15) is 17.5 Å². The van der Waals surface area contributed by atoms with Gasteiger partial charge >= 0.3 is 4.87 Å². The number of aliphatic hydroxyl groups is 1. The Kier molecular flexibility index (Phi) is 11.4. The van der Waals surface area contributed by atoms with E-state index in [4.69, 9.17) is 23.2 Å². The molecule has 0 atom stereocenters. The number of nitrogens with one attached hydrogen (secondary N) is 3. The second kappa shape index (κ2) is 14.5. The fourth-order valence-electron chi connectivity index (χ4n) is 3.89. The van der Waals surface area contributed by atoms with Crippen LogP contribution >= 0.6 is 34.5 Å². The molecule has 0 unspecified atom stereocenters. The molecule has 0 saturated carbocycles. The van der Waals surface area contributed by atoms with Gasteiger partial charge in [-0.05, 0) is 54.8 Å². The van der Waals surface area contributed by atoms with Crippen molar-refractivity contribution >= 4 is 50.7 Å². The van der Waals surface area contributed by atoms with E-state index in [1.54, 1.807) is 17.0 Å². The van der Waals surface area contributed by atoms with Crippen molar-refractivity contribution in [1.82, 2.24) is 20.5 Å². The molecule has 200 valence electrons. The molecule has 1 heterocycles. The van der Waals surface area contributed by atoms with E-state index < -0.39 is 0 Å². The van der Waals surface area contributed by atoms with Crippen LogP contribution in [0, 0.1) is 0 Å². The van der Waals surface area contributed by atoms with Crippen LogP contribution in [0.3, 0.4) is 0 Å². The molecule has 1 aromatic heterocycles. The lowest BCUT2D eigenvalue weighted by molar-refractivity contribution is -0.130. The third-order valence-corrected chi connectivity index (χ3v) is 7.69. The van der Waals surface area contributed by atoms with Gasteiger partial charge in [-0.1, -0.05) is 59.3 Å². The average Bonchev–Trinajstić information content (AvgIpc) is 3.28. The third-order valence-electron chi connectivity index (χ3n) is 5.88. The highest BCUT2D eigenvalue weighted by molar-refractivity contribution is 7.16. The minimum absolute atomic E-state index is 0.0259. The number of aromatic amines is 1. The van der Waals surface area contributed by atoms with E-state index >= 15 is 0 Å². The molecule has 0 radical (unpaired) electrons. The third kappa shape index (κ3) is 8.56. The minimum Gasteiger partial charge on any atom is -0.506 e. The molecule has 8 nitrogen and oxygen atoms in total. The fraction of sp³-hybridized carbons (Fsp3) is 0.385. The summed E-state index contributed by atoms with van der Waals surface area (Å²) in [4.78, 5) is 28.7. The van der Waals surface area contributed by atoms with Crippen LogP contribution in [-0.2, 0) is 17.6 Å². The maximum atomic E-state index is 12.8. The lowest BCUT2D eigenvalue weighted by atomic mass is 10.1. The first-order valence-corrected chi connectivity index (χ1v) is 13.6. The summed E-state index contributed by atoms with van der Waals surface area (Å²) in [5.74, 6) is 0.0353. The monoisotopic (exact) mass is 566 g/mol. The zero-order valence-electron chi connectivity index (χ0n) is 20.5. The van der Waals surface area contributed by atoms with Crippen molar-refractivity contribution in [2.24, 2.45) is 0 Å². The number of rotatable bonds is 15. The second-order valence-electron chi connectivity index (χ2n) is 8.65. The Balaban J connectivity index is 1.42. The van der Waals surface area contributed by atoms with Crippen molar-refractivity contribution in [3.05, 3.63) is 73.3 Å². The lowest BCUT2D eigenvalue weighted by Crippen LogP contribution is -2.40. The van der Waals surface area contributed by atoms with E-state index in [9.17, 15) is 19.8 Å². The molecule has 3 rings (SSSR count). The highest BCUT2D eigenvalue weighted by atomic mass is 35.5. The van der Waals surface area contributed by atoms with Crippen LogP contribution in [0.5, 0.6) is 5.75 Å². The molecule has 0 fully saturated rings. The SMILES string of the molecule is C=C(CO)CN(CCNCCc1ccc(O)c2[nH]c(=O)sc12)C(=O)CCNCCc1cccc(Cl)c1Cl. The number of thiazole rings is 1. The minimum atomic E-state index is -0.202. The first-order chi connectivity index (χ1) is 17.8. The number of benzene rings is 2. The normalized spacial score (nSPS) is 11.2. The molecule has 11 heteroatoms. The van der Waals surface area contributed by atoms with Crippen LogP contribution < -0.4 is 15.5 Å². The molecule has 5 N–H and O–H groups in total. The van der Waals surface area contributed by atoms with Gasteiger partial charge in [-0.3, -0.25) is 9.59 Å². The molecule has 2 aromatic carbocycles. The number of halogens is 2. The first-order valence-electron chi connectivity index (χ1n) is 12.0. The van der Waals surface area contributed by atoms with E-state index in [0.29, 0.717) is 79.7 Å². The van der Waals surface area contributed by atoms with Gasteiger partial charge in [0.1, 0.15) is 11.3 Å². The molecular formula is C26H32Cl2N4O4S. The van der Waals surface area contributed by atoms with Crippen molar-refractivity contribution in [3.8, 4) is 5.75 Å². The molecule has 0 saturated heterocycles. The Labute approximate surface area is 229 Å². The molecule has 0 aliphatic heterocycles. The van der Waals surface area contributed by atoms with Gasteiger partial charge in [0.05, 0.1) is 21.4 Å². The number of phenolic OH excluding ortho intramolecular Hbond substituents is 1. The van der Waals surface area contributed by atoms with Crippen LogP contribution in [-0.4, -0.2) is 71.9 Å². The number of carbonyl (C=O) groups is 1. The van der Waals surface area contributed by atoms with Crippen molar-refractivity contribution in [3.63, 3.8) is 0 Å². The first kappa shape index (κ1) is 29.2. The van der Waals surface area contributed by atoms with E-state index in [1.807, 2.05) is 18.2 Å². The Morgan fingerprint density at radius 3 is 2.54 bits per heavy atom. The predicted molar refractivity (Wildman–Crippen MR) is 151 cm³/mol. The van der Waals surface area contributed by atoms with E-state index in [-0.39, 0.29) is 23.1 Å². The molecule has 0 spiro atoms. The van der Waals surface area contributed by atoms with Crippen LogP contribution in [0.15, 0.2) is 47.3 Å². The molecule has 0 bridgehead atoms. The number of amides is 1. The Bertz CT molecular complexity index is 1280. The summed E-state index contributed by atoms with van der Waals surface area (Å²) in [7, 11) is 0. The molecule has 1 amide bonds. The van der Waals surface area contributed by atoms with Crippen molar-refractivity contribution in [2.45, 2.75) is 19.3 Å². The van der Waals surface area contributed by atoms with E-state index in [1.165, 1.54) is 0 Å². The Morgan fingerprint density at radius 1 is 1.05 bits per heavy atom. The summed E-state index contributed by atoms with van der Waals surface area (Å²) in [5.41, 5.74) is 2.97. The molecule has 37 heavy (non-hydrogen) atoms. The van der Waals surface area contributed by atoms with Crippen molar-refractivity contribution in [2.75, 3.05) is 45.9 Å². The van der Waals surface area contributed by atoms with Gasteiger partial charge in [0, 0.05) is 32.6 Å². The van der Waals surface area contributed by atoms with E-state index in [0.717, 1.165) is 27.2 Å². The highest BCUT2D eigenvalue weighted by Gasteiger charge is 2.14. The summed E-state index contributed by atoms with van der Waals surface area (Å²) in [6.07, 6.45) is 1.69. The Hall–Kier alpha value is -2.40. The van der Waals surface area contributed by atoms with Gasteiger partial charge in [-0.15, -0.1) is 0 Å². The summed E-state index contributed by atoms with van der Waals surface area (Å²) in [5, 5.41) is 27.0. The zero-order chi connectivity index (χ0) is 26.8. The largest absolute Gasteiger partial charge is 0.506 e. The van der Waals surface area contributed by atoms with Crippen molar-refractivity contribution in [1.29, 1.82) is 0 Å². The van der Waals surface area contributed by atoms with Gasteiger partial charge in [0.25, 0.3) is 0 Å². The number of H-pyrrole nitrogens is 1. The number of aromatic nitrogens is 1. The predicted octanol–water partition coefficient (Wildman–Crippen LogP) is 3.33. The summed E-state index contributed by atoms with van der Waals surface area (Å²) >= 11 is 13.4. The van der Waals surface area contributed by atoms with Gasteiger partial charge in [-0.25, -0.2) is 0 Å². The van der Waals surface area contributed by atoms with E-state index in [2.05, 4.69) is 22.2 Å². The lowest BCUT2D eigenvalue weighted by Gasteiger charge is -2.24. The standard InChI is InChI=1S/C26H32Cl2N4O4S/c1-17(16-33)15-32(22(35)9-12-29-10-7-18-3-2-4-20(27)23(18)28)14-13-30-11-8-19-5-6-21(34)24-25(19)37-26(36)31-24/h2-6,29-30,33-34H,1,7-16H2,(H,31,36). The maximum Gasteiger partial charge on any atom is 0.305 e. The molecule has 3 aromatic rings. The van der Waals surface area contributed by atoms with Crippen LogP contribution in [0.4, 0.5) is 0 Å². The number of carbonyl (C=O) groups excluding carboxylic acids is 1. The molecule has 0 aliphatic carbocycles. The Morgan fingerprint density at radius 2 is 1.78 bits per heavy atom. The summed E-state index contributed by atoms with van der Waals surface area (Å²) in [6, 6.07) is 8.94. The second-order valence-corrected chi connectivity index (χ2v) is 10.4. The smallest absolute Gasteiger partial charge is 0.305 e. The van der Waals surface area contributed by atoms with Gasteiger partial charge < -0.3 is 30.7 Å². The number of fused-ring (bicyclic) bond motifs is 1. The zero-order valence-corrected chi connectivity index (χ0v) is 22.8. The quantitative estimate of drug-likeness (QED) is 0.142. The van der Waals surface area contributed by atoms with Crippen molar-refractivity contribution < 1.29 is 15.0 Å². The molecule has 0 aliphatic rings. The van der Waals surface area contributed by atoms with Gasteiger partial charge in [-0.2, -0.15) is 0 Å². The fourth-order valence-corrected chi connectivity index (χ4v) is 5.20. The van der Waals surface area contributed by atoms with Crippen LogP contribution in [0.2, 0.25) is 10.0 Å². The highest BCUT2D eigenvalue weighted by Crippen LogP contribution is 2.28. The maximum absolute atomic E-state index is 12.8. The number of aromatic hydroxyl groups is 1. The number of aliphatic hydroxyl groups excluding tert-OH is 1. The number of hydrogen-bond donors (Lipinski definition) is 5. The topological polar surface area (TPSA) is 118 Å². The van der Waals surface area contributed by atoms with Gasteiger partial charge in [0.15, 0.2) is 0 Å². The molecular weight excluding hydrogens is 535 g/mol. The number of hydrogen-bond acceptors (Lipinski definition) is 7. The summed E-state index contributed by atoms with van der Waals surface area (Å²) < 4.78 is 0.757. The summed E-state index contributed by atoms with van der Waals surface area (Å²) in [6.45, 7) is 6.81. The average molecular weight is 568 g/mol. The number of nitrogens with zero attached hydrogens (tertiary/aromatic N) is 1. The number of phenols is 1. The van der Waals surface area contributed by atoms with Gasteiger partial charge in [0.2, 0.25) is 5.91 Å².